The maximum Gasteiger partial charge on any atom is 0.216 e. The highest BCUT2D eigenvalue weighted by Crippen LogP contribution is 2.62. The molecule has 0 amide bonds. The number of aromatic hydroxyl groups is 2. The van der Waals surface area contributed by atoms with E-state index in [4.69, 9.17) is 4.74 Å². The Morgan fingerprint density at radius 2 is 1.24 bits per heavy atom. The summed E-state index contributed by atoms with van der Waals surface area (Å²) in [5, 5.41) is 28.6. The van der Waals surface area contributed by atoms with Crippen molar-refractivity contribution in [2.24, 2.45) is 0 Å². The molecule has 1 aliphatic rings. The summed E-state index contributed by atoms with van der Waals surface area (Å²) in [6.07, 6.45) is 0. The van der Waals surface area contributed by atoms with Gasteiger partial charge in [-0.05, 0) is 33.0 Å². The molecular weight excluding hydrogens is 312 g/mol. The van der Waals surface area contributed by atoms with E-state index in [1.165, 1.54) is 16.2 Å². The Morgan fingerprint density at radius 3 is 2.12 bits per heavy atom. The SMILES string of the molecule is Oc1c2c(c3c(ccc4ccc5c6ccccc6ccc5c43)c1O)O2. The van der Waals surface area contributed by atoms with E-state index in [-0.39, 0.29) is 11.5 Å². The number of phenolic OH excluding ortho intramolecular Hbond substituents is 2. The first-order valence-electron chi connectivity index (χ1n) is 8.16. The number of hydrogen-bond donors (Lipinski definition) is 2. The Morgan fingerprint density at radius 1 is 0.520 bits per heavy atom. The third-order valence-corrected chi connectivity index (χ3v) is 5.20. The molecule has 0 saturated heterocycles. The highest BCUT2D eigenvalue weighted by Gasteiger charge is 2.33. The van der Waals surface area contributed by atoms with E-state index in [9.17, 15) is 10.2 Å². The van der Waals surface area contributed by atoms with Gasteiger partial charge in [0.1, 0.15) is 0 Å². The lowest BCUT2D eigenvalue weighted by molar-refractivity contribution is 0.403. The Balaban J connectivity index is 1.93. The van der Waals surface area contributed by atoms with Crippen LogP contribution in [-0.2, 0) is 0 Å². The molecule has 5 aromatic carbocycles. The third kappa shape index (κ3) is 1.50. The summed E-state index contributed by atoms with van der Waals surface area (Å²) in [6, 6.07) is 20.6. The molecule has 3 nitrogen and oxygen atoms in total. The molecule has 1 heterocycles. The van der Waals surface area contributed by atoms with Crippen LogP contribution in [0.2, 0.25) is 0 Å². The van der Waals surface area contributed by atoms with Crippen LogP contribution in [0.3, 0.4) is 0 Å². The van der Waals surface area contributed by atoms with Crippen LogP contribution in [0.4, 0.5) is 0 Å². The van der Waals surface area contributed by atoms with Gasteiger partial charge < -0.3 is 14.9 Å². The van der Waals surface area contributed by atoms with Gasteiger partial charge in [0.2, 0.25) is 11.5 Å². The van der Waals surface area contributed by atoms with E-state index in [0.717, 1.165) is 21.5 Å². The van der Waals surface area contributed by atoms with Gasteiger partial charge in [0, 0.05) is 16.2 Å². The van der Waals surface area contributed by atoms with Gasteiger partial charge in [-0.2, -0.15) is 0 Å². The van der Waals surface area contributed by atoms with Crippen molar-refractivity contribution in [3.05, 3.63) is 60.7 Å². The normalized spacial score (nSPS) is 12.6. The van der Waals surface area contributed by atoms with Gasteiger partial charge >= 0.3 is 0 Å². The molecule has 0 spiro atoms. The zero-order valence-electron chi connectivity index (χ0n) is 13.1. The molecule has 25 heavy (non-hydrogen) atoms. The lowest BCUT2D eigenvalue weighted by Gasteiger charge is -2.10. The molecular formula is C22H12O3. The zero-order chi connectivity index (χ0) is 16.7. The van der Waals surface area contributed by atoms with Crippen LogP contribution in [0, 0.1) is 0 Å². The maximum absolute atomic E-state index is 10.3. The van der Waals surface area contributed by atoms with Crippen LogP contribution in [0.1, 0.15) is 0 Å². The smallest absolute Gasteiger partial charge is 0.216 e. The second-order valence-electron chi connectivity index (χ2n) is 6.49. The van der Waals surface area contributed by atoms with Crippen molar-refractivity contribution in [2.75, 3.05) is 0 Å². The molecule has 0 aromatic heterocycles. The molecule has 1 aliphatic heterocycles. The molecule has 0 saturated carbocycles. The number of benzene rings is 5. The van der Waals surface area contributed by atoms with Gasteiger partial charge in [-0.25, -0.2) is 0 Å². The summed E-state index contributed by atoms with van der Waals surface area (Å²) >= 11 is 0. The van der Waals surface area contributed by atoms with Crippen LogP contribution in [0.15, 0.2) is 60.7 Å². The first-order chi connectivity index (χ1) is 12.2. The second kappa shape index (κ2) is 4.14. The minimum atomic E-state index is -0.174. The van der Waals surface area contributed by atoms with Crippen LogP contribution >= 0.6 is 0 Å². The van der Waals surface area contributed by atoms with E-state index in [1.807, 2.05) is 24.3 Å². The van der Waals surface area contributed by atoms with Gasteiger partial charge in [-0.15, -0.1) is 0 Å². The van der Waals surface area contributed by atoms with E-state index in [0.29, 0.717) is 16.9 Å². The average Bonchev–Trinajstić information content (AvgIpc) is 3.45. The summed E-state index contributed by atoms with van der Waals surface area (Å²) in [7, 11) is 0. The topological polar surface area (TPSA) is 53.0 Å². The number of ether oxygens (including phenoxy) is 1. The fraction of sp³-hybridized carbons (Fsp3) is 0. The maximum atomic E-state index is 10.3. The fourth-order valence-electron chi connectivity index (χ4n) is 3.98. The van der Waals surface area contributed by atoms with E-state index in [2.05, 4.69) is 36.4 Å². The Bertz CT molecular complexity index is 1380. The summed E-state index contributed by atoms with van der Waals surface area (Å²) in [4.78, 5) is 0. The zero-order valence-corrected chi connectivity index (χ0v) is 13.1. The minimum Gasteiger partial charge on any atom is -0.504 e. The number of hydrogen-bond acceptors (Lipinski definition) is 3. The highest BCUT2D eigenvalue weighted by atomic mass is 16.6. The molecule has 5 aromatic rings. The highest BCUT2D eigenvalue weighted by molar-refractivity contribution is 6.28. The van der Waals surface area contributed by atoms with Gasteiger partial charge in [0.25, 0.3) is 0 Å². The van der Waals surface area contributed by atoms with Gasteiger partial charge in [0.15, 0.2) is 11.5 Å². The van der Waals surface area contributed by atoms with E-state index in [1.54, 1.807) is 0 Å². The lowest BCUT2D eigenvalue weighted by atomic mass is 9.93. The quantitative estimate of drug-likeness (QED) is 0.210. The Hall–Kier alpha value is -3.46. The first kappa shape index (κ1) is 12.9. The molecule has 6 rings (SSSR count). The lowest BCUT2D eigenvalue weighted by Crippen LogP contribution is -1.82. The molecule has 0 fully saturated rings. The predicted octanol–water partition coefficient (Wildman–Crippen LogP) is 5.82. The van der Waals surface area contributed by atoms with Crippen molar-refractivity contribution in [3.8, 4) is 23.0 Å². The van der Waals surface area contributed by atoms with Crippen molar-refractivity contribution in [3.63, 3.8) is 0 Å². The summed E-state index contributed by atoms with van der Waals surface area (Å²) in [6.45, 7) is 0. The number of rotatable bonds is 0. The molecule has 118 valence electrons. The van der Waals surface area contributed by atoms with Crippen molar-refractivity contribution < 1.29 is 14.9 Å². The molecule has 0 aliphatic carbocycles. The standard InChI is InChI=1S/C22H12O3/c23-19-16-10-7-12-6-8-14-13-4-2-1-3-11(13)5-9-15(14)17(12)18(16)21-22(25-21)20(19)24/h1-10,23-24H. The molecule has 0 radical (unpaired) electrons. The third-order valence-electron chi connectivity index (χ3n) is 5.20. The van der Waals surface area contributed by atoms with E-state index < -0.39 is 0 Å². The monoisotopic (exact) mass is 324 g/mol. The predicted molar refractivity (Wildman–Crippen MR) is 99.9 cm³/mol. The molecule has 0 atom stereocenters. The number of phenols is 2. The first-order valence-corrected chi connectivity index (χ1v) is 8.16. The van der Waals surface area contributed by atoms with Gasteiger partial charge in [-0.1, -0.05) is 54.6 Å². The Labute approximate surface area is 142 Å². The minimum absolute atomic E-state index is 0.119. The van der Waals surface area contributed by atoms with Crippen LogP contribution in [0.25, 0.3) is 43.1 Å². The second-order valence-corrected chi connectivity index (χ2v) is 6.49. The average molecular weight is 324 g/mol. The van der Waals surface area contributed by atoms with Crippen molar-refractivity contribution in [1.82, 2.24) is 0 Å². The molecule has 3 heteroatoms. The summed E-state index contributed by atoms with van der Waals surface area (Å²) < 4.78 is 5.50. The fourth-order valence-corrected chi connectivity index (χ4v) is 3.98. The summed E-state index contributed by atoms with van der Waals surface area (Å²) in [5.74, 6) is 0.755. The molecule has 0 unspecified atom stereocenters. The van der Waals surface area contributed by atoms with Crippen LogP contribution < -0.4 is 4.74 Å². The van der Waals surface area contributed by atoms with Crippen molar-refractivity contribution in [1.29, 1.82) is 0 Å². The number of fused-ring (bicyclic) bond motifs is 9. The molecule has 0 bridgehead atoms. The van der Waals surface area contributed by atoms with E-state index >= 15 is 0 Å². The largest absolute Gasteiger partial charge is 0.504 e. The summed E-state index contributed by atoms with van der Waals surface area (Å²) in [5.41, 5.74) is 0. The van der Waals surface area contributed by atoms with Crippen LogP contribution in [0.5, 0.6) is 23.0 Å². The van der Waals surface area contributed by atoms with Gasteiger partial charge in [-0.3, -0.25) is 0 Å². The van der Waals surface area contributed by atoms with Gasteiger partial charge in [0.05, 0.1) is 0 Å². The van der Waals surface area contributed by atoms with Crippen LogP contribution in [-0.4, -0.2) is 10.2 Å². The van der Waals surface area contributed by atoms with Crippen molar-refractivity contribution >= 4 is 43.1 Å². The Kier molecular flexibility index (Phi) is 2.13. The van der Waals surface area contributed by atoms with Crippen molar-refractivity contribution in [2.45, 2.75) is 0 Å². The molecule has 2 N–H and O–H groups in total.